The van der Waals surface area contributed by atoms with Gasteiger partial charge < -0.3 is 19.3 Å². The average Bonchev–Trinajstić information content (AvgIpc) is 3.18. The summed E-state index contributed by atoms with van der Waals surface area (Å²) in [5.41, 5.74) is 1.37. The topological polar surface area (TPSA) is 60.3 Å². The molecule has 0 saturated carbocycles. The van der Waals surface area contributed by atoms with Gasteiger partial charge in [-0.3, -0.25) is 0 Å². The number of aliphatic hydroxyl groups is 1. The van der Waals surface area contributed by atoms with E-state index in [1.807, 2.05) is 86.6 Å². The fraction of sp³-hybridized carbons (Fsp3) is 0.269. The van der Waals surface area contributed by atoms with Crippen molar-refractivity contribution in [3.05, 3.63) is 95.1 Å². The van der Waals surface area contributed by atoms with Gasteiger partial charge in [-0.25, -0.2) is 4.99 Å². The fourth-order valence-corrected chi connectivity index (χ4v) is 3.77. The van der Waals surface area contributed by atoms with Gasteiger partial charge in [-0.15, -0.1) is 0 Å². The van der Waals surface area contributed by atoms with Crippen LogP contribution in [0.5, 0.6) is 11.5 Å². The van der Waals surface area contributed by atoms with E-state index >= 15 is 0 Å². The highest BCUT2D eigenvalue weighted by atomic mass is 16.5. The first-order chi connectivity index (χ1) is 14.9. The monoisotopic (exact) mass is 417 g/mol. The van der Waals surface area contributed by atoms with Crippen LogP contribution < -0.4 is 9.47 Å². The zero-order valence-corrected chi connectivity index (χ0v) is 18.3. The second kappa shape index (κ2) is 8.08. The Morgan fingerprint density at radius 3 is 1.84 bits per heavy atom. The van der Waals surface area contributed by atoms with Gasteiger partial charge in [0.25, 0.3) is 0 Å². The second-order valence-corrected chi connectivity index (χ2v) is 8.27. The van der Waals surface area contributed by atoms with E-state index in [-0.39, 0.29) is 5.54 Å². The van der Waals surface area contributed by atoms with Crippen LogP contribution in [-0.4, -0.2) is 37.4 Å². The minimum Gasteiger partial charge on any atom is -0.497 e. The molecule has 3 aromatic carbocycles. The van der Waals surface area contributed by atoms with Crippen LogP contribution in [0.1, 0.15) is 36.1 Å². The third-order valence-corrected chi connectivity index (χ3v) is 5.51. The van der Waals surface area contributed by atoms with Crippen molar-refractivity contribution >= 4 is 5.90 Å². The molecular weight excluding hydrogens is 390 g/mol. The molecule has 3 aromatic rings. The summed E-state index contributed by atoms with van der Waals surface area (Å²) in [5, 5.41) is 12.2. The molecule has 160 valence electrons. The molecule has 0 radical (unpaired) electrons. The maximum absolute atomic E-state index is 12.2. The lowest BCUT2D eigenvalue weighted by Crippen LogP contribution is -2.29. The first kappa shape index (κ1) is 20.9. The third kappa shape index (κ3) is 4.01. The molecule has 0 spiro atoms. The predicted octanol–water partition coefficient (Wildman–Crippen LogP) is 4.54. The minimum atomic E-state index is -1.39. The standard InChI is InChI=1S/C26H27NO4/c1-25(2)17-31-24(27-25)18-6-5-7-21(16-18)26(28,19-8-12-22(29-3)13-9-19)20-10-14-23(30-4)15-11-20/h5-16,28H,17H2,1-4H3. The summed E-state index contributed by atoms with van der Waals surface area (Å²) >= 11 is 0. The Hall–Kier alpha value is -3.31. The first-order valence-corrected chi connectivity index (χ1v) is 10.2. The number of benzene rings is 3. The van der Waals surface area contributed by atoms with Crippen molar-refractivity contribution in [3.8, 4) is 11.5 Å². The third-order valence-electron chi connectivity index (χ3n) is 5.51. The van der Waals surface area contributed by atoms with Crippen LogP contribution in [0, 0.1) is 0 Å². The first-order valence-electron chi connectivity index (χ1n) is 10.2. The van der Waals surface area contributed by atoms with Crippen molar-refractivity contribution in [2.24, 2.45) is 4.99 Å². The van der Waals surface area contributed by atoms with Crippen molar-refractivity contribution in [1.29, 1.82) is 0 Å². The van der Waals surface area contributed by atoms with Crippen molar-refractivity contribution in [2.75, 3.05) is 20.8 Å². The summed E-state index contributed by atoms with van der Waals surface area (Å²) in [6, 6.07) is 22.6. The highest BCUT2D eigenvalue weighted by molar-refractivity contribution is 5.95. The summed E-state index contributed by atoms with van der Waals surface area (Å²) in [5.74, 6) is 2.05. The molecule has 0 bridgehead atoms. The lowest BCUT2D eigenvalue weighted by Gasteiger charge is -2.30. The van der Waals surface area contributed by atoms with Gasteiger partial charge in [-0.2, -0.15) is 0 Å². The normalized spacial score (nSPS) is 15.2. The van der Waals surface area contributed by atoms with Crippen LogP contribution in [-0.2, 0) is 10.3 Å². The summed E-state index contributed by atoms with van der Waals surface area (Å²) < 4.78 is 16.4. The Labute approximate surface area is 182 Å². The highest BCUT2D eigenvalue weighted by Crippen LogP contribution is 2.38. The molecule has 0 amide bonds. The lowest BCUT2D eigenvalue weighted by molar-refractivity contribution is 0.125. The van der Waals surface area contributed by atoms with Crippen LogP contribution in [0.25, 0.3) is 0 Å². The molecule has 0 saturated heterocycles. The fourth-order valence-electron chi connectivity index (χ4n) is 3.77. The molecule has 1 N–H and O–H groups in total. The number of rotatable bonds is 6. The van der Waals surface area contributed by atoms with Gasteiger partial charge in [0.05, 0.1) is 19.8 Å². The molecule has 4 rings (SSSR count). The van der Waals surface area contributed by atoms with Crippen molar-refractivity contribution in [3.63, 3.8) is 0 Å². The number of nitrogens with zero attached hydrogens (tertiary/aromatic N) is 1. The number of hydrogen-bond donors (Lipinski definition) is 1. The van der Waals surface area contributed by atoms with E-state index in [2.05, 4.69) is 4.99 Å². The molecule has 31 heavy (non-hydrogen) atoms. The van der Waals surface area contributed by atoms with Crippen LogP contribution in [0.15, 0.2) is 77.8 Å². The maximum Gasteiger partial charge on any atom is 0.216 e. The quantitative estimate of drug-likeness (QED) is 0.598. The van der Waals surface area contributed by atoms with E-state index in [4.69, 9.17) is 14.2 Å². The van der Waals surface area contributed by atoms with Gasteiger partial charge in [-0.1, -0.05) is 36.4 Å². The van der Waals surface area contributed by atoms with E-state index in [1.165, 1.54) is 0 Å². The van der Waals surface area contributed by atoms with Crippen molar-refractivity contribution in [1.82, 2.24) is 0 Å². The molecule has 0 unspecified atom stereocenters. The zero-order valence-electron chi connectivity index (χ0n) is 18.3. The van der Waals surface area contributed by atoms with Gasteiger partial charge >= 0.3 is 0 Å². The second-order valence-electron chi connectivity index (χ2n) is 8.27. The molecule has 1 aliphatic rings. The Balaban J connectivity index is 1.85. The van der Waals surface area contributed by atoms with Crippen molar-refractivity contribution in [2.45, 2.75) is 25.0 Å². The molecule has 0 aromatic heterocycles. The number of hydrogen-bond acceptors (Lipinski definition) is 5. The Bertz CT molecular complexity index is 1040. The molecule has 1 aliphatic heterocycles. The number of aliphatic imine (C=N–C) groups is 1. The zero-order chi connectivity index (χ0) is 22.1. The summed E-state index contributed by atoms with van der Waals surface area (Å²) in [6.07, 6.45) is 0. The van der Waals surface area contributed by atoms with Gasteiger partial charge in [0.2, 0.25) is 5.90 Å². The molecule has 5 nitrogen and oxygen atoms in total. The molecule has 5 heteroatoms. The van der Waals surface area contributed by atoms with Crippen molar-refractivity contribution < 1.29 is 19.3 Å². The molecule has 0 aliphatic carbocycles. The van der Waals surface area contributed by atoms with E-state index in [9.17, 15) is 5.11 Å². The van der Waals surface area contributed by atoms with Crippen LogP contribution in [0.2, 0.25) is 0 Å². The van der Waals surface area contributed by atoms with Gasteiger partial charge in [-0.05, 0) is 66.9 Å². The molecule has 0 atom stereocenters. The van der Waals surface area contributed by atoms with E-state index < -0.39 is 5.60 Å². The van der Waals surface area contributed by atoms with Gasteiger partial charge in [0.1, 0.15) is 23.7 Å². The van der Waals surface area contributed by atoms with Crippen LogP contribution in [0.4, 0.5) is 0 Å². The minimum absolute atomic E-state index is 0.256. The Kier molecular flexibility index (Phi) is 5.46. The van der Waals surface area contributed by atoms with Crippen LogP contribution >= 0.6 is 0 Å². The number of ether oxygens (including phenoxy) is 3. The predicted molar refractivity (Wildman–Crippen MR) is 121 cm³/mol. The summed E-state index contributed by atoms with van der Waals surface area (Å²) in [6.45, 7) is 4.61. The number of methoxy groups -OCH3 is 2. The highest BCUT2D eigenvalue weighted by Gasteiger charge is 2.35. The van der Waals surface area contributed by atoms with Gasteiger partial charge in [0, 0.05) is 5.56 Å². The smallest absolute Gasteiger partial charge is 0.216 e. The SMILES string of the molecule is COc1ccc(C(O)(c2ccc(OC)cc2)c2cccc(C3=NC(C)(C)CO3)c2)cc1. The van der Waals surface area contributed by atoms with Gasteiger partial charge in [0.15, 0.2) is 0 Å². The lowest BCUT2D eigenvalue weighted by atomic mass is 9.80. The summed E-state index contributed by atoms with van der Waals surface area (Å²) in [7, 11) is 3.25. The van der Waals surface area contributed by atoms with E-state index in [1.54, 1.807) is 14.2 Å². The summed E-state index contributed by atoms with van der Waals surface area (Å²) in [4.78, 5) is 4.68. The average molecular weight is 418 g/mol. The van der Waals surface area contributed by atoms with E-state index in [0.717, 1.165) is 33.8 Å². The Morgan fingerprint density at radius 1 is 0.839 bits per heavy atom. The molecule has 1 heterocycles. The van der Waals surface area contributed by atoms with Crippen LogP contribution in [0.3, 0.4) is 0 Å². The Morgan fingerprint density at radius 2 is 1.39 bits per heavy atom. The largest absolute Gasteiger partial charge is 0.497 e. The molecule has 0 fully saturated rings. The maximum atomic E-state index is 12.2. The van der Waals surface area contributed by atoms with E-state index in [0.29, 0.717) is 12.5 Å². The molecular formula is C26H27NO4.